The summed E-state index contributed by atoms with van der Waals surface area (Å²) < 4.78 is 5.00. The van der Waals surface area contributed by atoms with Crippen LogP contribution in [0.15, 0.2) is 30.3 Å². The third kappa shape index (κ3) is 1.91. The van der Waals surface area contributed by atoms with E-state index in [1.165, 1.54) is 6.92 Å². The molecule has 1 aromatic carbocycles. The Balaban J connectivity index is 2.19. The molecule has 0 unspecified atom stereocenters. The van der Waals surface area contributed by atoms with Crippen molar-refractivity contribution < 1.29 is 14.3 Å². The summed E-state index contributed by atoms with van der Waals surface area (Å²) in [6, 6.07) is 9.42. The van der Waals surface area contributed by atoms with Gasteiger partial charge in [-0.3, -0.25) is 9.59 Å². The number of esters is 1. The fourth-order valence-electron chi connectivity index (χ4n) is 1.79. The van der Waals surface area contributed by atoms with Gasteiger partial charge < -0.3 is 4.74 Å². The second kappa shape index (κ2) is 3.85. The first-order chi connectivity index (χ1) is 7.18. The van der Waals surface area contributed by atoms with Gasteiger partial charge in [0.05, 0.1) is 5.92 Å². The van der Waals surface area contributed by atoms with Crippen molar-refractivity contribution >= 4 is 11.8 Å². The minimum Gasteiger partial charge on any atom is -0.454 e. The summed E-state index contributed by atoms with van der Waals surface area (Å²) in [6.07, 6.45) is -0.0826. The van der Waals surface area contributed by atoms with Crippen LogP contribution in [0.25, 0.3) is 0 Å². The topological polar surface area (TPSA) is 43.4 Å². The fraction of sp³-hybridized carbons (Fsp3) is 0.333. The number of cyclic esters (lactones) is 1. The Hall–Kier alpha value is -1.64. The van der Waals surface area contributed by atoms with E-state index in [4.69, 9.17) is 4.74 Å². The van der Waals surface area contributed by atoms with Crippen LogP contribution in [-0.4, -0.2) is 17.9 Å². The van der Waals surface area contributed by atoms with E-state index in [1.54, 1.807) is 0 Å². The lowest BCUT2D eigenvalue weighted by Crippen LogP contribution is -2.16. The van der Waals surface area contributed by atoms with Crippen molar-refractivity contribution in [2.75, 3.05) is 0 Å². The zero-order valence-corrected chi connectivity index (χ0v) is 8.47. The molecule has 0 aliphatic carbocycles. The number of benzene rings is 1. The number of carbonyl (C=O) groups is 2. The molecule has 15 heavy (non-hydrogen) atoms. The van der Waals surface area contributed by atoms with E-state index in [2.05, 4.69) is 0 Å². The molecule has 0 saturated carbocycles. The fourth-order valence-corrected chi connectivity index (χ4v) is 1.79. The Morgan fingerprint density at radius 3 is 2.53 bits per heavy atom. The second-order valence-electron chi connectivity index (χ2n) is 3.74. The highest BCUT2D eigenvalue weighted by Crippen LogP contribution is 2.30. The average Bonchev–Trinajstić information content (AvgIpc) is 2.62. The predicted molar refractivity (Wildman–Crippen MR) is 54.4 cm³/mol. The van der Waals surface area contributed by atoms with Crippen molar-refractivity contribution in [1.82, 2.24) is 0 Å². The molecule has 0 amide bonds. The van der Waals surface area contributed by atoms with Crippen molar-refractivity contribution in [3.05, 3.63) is 35.9 Å². The largest absolute Gasteiger partial charge is 0.454 e. The third-order valence-corrected chi connectivity index (χ3v) is 2.65. The lowest BCUT2D eigenvalue weighted by Gasteiger charge is -2.04. The predicted octanol–water partition coefficient (Wildman–Crippen LogP) is 1.67. The summed E-state index contributed by atoms with van der Waals surface area (Å²) in [7, 11) is 0. The first kappa shape index (κ1) is 9.90. The Kier molecular flexibility index (Phi) is 2.54. The van der Waals surface area contributed by atoms with Crippen LogP contribution in [0.4, 0.5) is 0 Å². The average molecular weight is 204 g/mol. The maximum atomic E-state index is 11.5. The molecular weight excluding hydrogens is 192 g/mol. The normalized spacial score (nSPS) is 25.0. The van der Waals surface area contributed by atoms with Crippen LogP contribution in [-0.2, 0) is 14.3 Å². The van der Waals surface area contributed by atoms with Gasteiger partial charge in [0.2, 0.25) is 0 Å². The summed E-state index contributed by atoms with van der Waals surface area (Å²) in [5, 5.41) is 0. The summed E-state index contributed by atoms with van der Waals surface area (Å²) >= 11 is 0. The minimum atomic E-state index is -0.553. The van der Waals surface area contributed by atoms with Crippen LogP contribution in [0.5, 0.6) is 0 Å². The van der Waals surface area contributed by atoms with E-state index in [-0.39, 0.29) is 17.7 Å². The first-order valence-corrected chi connectivity index (χ1v) is 4.94. The highest BCUT2D eigenvalue weighted by Gasteiger charge is 2.37. The van der Waals surface area contributed by atoms with E-state index < -0.39 is 6.10 Å². The summed E-state index contributed by atoms with van der Waals surface area (Å²) in [6.45, 7) is 1.45. The Morgan fingerprint density at radius 2 is 2.00 bits per heavy atom. The summed E-state index contributed by atoms with van der Waals surface area (Å²) in [5.41, 5.74) is 0.922. The molecule has 0 spiro atoms. The van der Waals surface area contributed by atoms with E-state index in [9.17, 15) is 9.59 Å². The number of ketones is 1. The summed E-state index contributed by atoms with van der Waals surface area (Å²) in [5.74, 6) is -0.650. The van der Waals surface area contributed by atoms with E-state index in [1.807, 2.05) is 30.3 Å². The molecule has 1 aliphatic heterocycles. The van der Waals surface area contributed by atoms with Gasteiger partial charge in [-0.05, 0) is 12.5 Å². The van der Waals surface area contributed by atoms with Crippen LogP contribution in [0.3, 0.4) is 0 Å². The molecule has 1 heterocycles. The van der Waals surface area contributed by atoms with Crippen molar-refractivity contribution in [1.29, 1.82) is 0 Å². The molecule has 0 radical (unpaired) electrons. The van der Waals surface area contributed by atoms with Crippen LogP contribution in [0.2, 0.25) is 0 Å². The van der Waals surface area contributed by atoms with Crippen LogP contribution >= 0.6 is 0 Å². The molecule has 1 aromatic rings. The summed E-state index contributed by atoms with van der Waals surface area (Å²) in [4.78, 5) is 22.6. The molecule has 2 atom stereocenters. The standard InChI is InChI=1S/C12H12O3/c1-8(13)11-7-10(12(14)15-11)9-5-3-2-4-6-9/h2-6,10-11H,7H2,1H3/t10-,11+/m1/s1. The molecule has 78 valence electrons. The number of hydrogen-bond donors (Lipinski definition) is 0. The molecule has 1 fully saturated rings. The van der Waals surface area contributed by atoms with Gasteiger partial charge in [-0.1, -0.05) is 30.3 Å². The Bertz CT molecular complexity index is 383. The molecule has 3 nitrogen and oxygen atoms in total. The van der Waals surface area contributed by atoms with Gasteiger partial charge >= 0.3 is 5.97 Å². The highest BCUT2D eigenvalue weighted by molar-refractivity contribution is 5.89. The maximum absolute atomic E-state index is 11.5. The maximum Gasteiger partial charge on any atom is 0.314 e. The number of Topliss-reactive ketones (excluding diaryl/α,β-unsaturated/α-hetero) is 1. The third-order valence-electron chi connectivity index (χ3n) is 2.65. The van der Waals surface area contributed by atoms with Crippen molar-refractivity contribution in [2.24, 2.45) is 0 Å². The molecule has 0 aromatic heterocycles. The van der Waals surface area contributed by atoms with Gasteiger partial charge in [0.1, 0.15) is 0 Å². The zero-order valence-electron chi connectivity index (χ0n) is 8.47. The number of ether oxygens (including phenoxy) is 1. The van der Waals surface area contributed by atoms with Gasteiger partial charge in [-0.2, -0.15) is 0 Å². The van der Waals surface area contributed by atoms with E-state index in [0.29, 0.717) is 6.42 Å². The number of rotatable bonds is 2. The van der Waals surface area contributed by atoms with Crippen molar-refractivity contribution in [3.63, 3.8) is 0 Å². The molecule has 2 rings (SSSR count). The highest BCUT2D eigenvalue weighted by atomic mass is 16.6. The molecule has 0 bridgehead atoms. The number of hydrogen-bond acceptors (Lipinski definition) is 3. The van der Waals surface area contributed by atoms with Gasteiger partial charge in [0, 0.05) is 6.42 Å². The van der Waals surface area contributed by atoms with E-state index >= 15 is 0 Å². The van der Waals surface area contributed by atoms with Crippen LogP contribution in [0, 0.1) is 0 Å². The SMILES string of the molecule is CC(=O)[C@@H]1C[C@H](c2ccccc2)C(=O)O1. The minimum absolute atomic E-state index is 0.0817. The van der Waals surface area contributed by atoms with Crippen LogP contribution < -0.4 is 0 Å². The lowest BCUT2D eigenvalue weighted by atomic mass is 9.95. The molecular formula is C12H12O3. The Labute approximate surface area is 88.1 Å². The smallest absolute Gasteiger partial charge is 0.314 e. The van der Waals surface area contributed by atoms with Gasteiger partial charge in [0.25, 0.3) is 0 Å². The first-order valence-electron chi connectivity index (χ1n) is 4.94. The molecule has 1 saturated heterocycles. The Morgan fingerprint density at radius 1 is 1.33 bits per heavy atom. The van der Waals surface area contributed by atoms with Gasteiger partial charge in [0.15, 0.2) is 11.9 Å². The van der Waals surface area contributed by atoms with E-state index in [0.717, 1.165) is 5.56 Å². The molecule has 0 N–H and O–H groups in total. The molecule has 3 heteroatoms. The number of carbonyl (C=O) groups excluding carboxylic acids is 2. The second-order valence-corrected chi connectivity index (χ2v) is 3.74. The quantitative estimate of drug-likeness (QED) is 0.688. The van der Waals surface area contributed by atoms with Gasteiger partial charge in [-0.25, -0.2) is 0 Å². The lowest BCUT2D eigenvalue weighted by molar-refractivity contribution is -0.147. The zero-order chi connectivity index (χ0) is 10.8. The monoisotopic (exact) mass is 204 g/mol. The van der Waals surface area contributed by atoms with Crippen molar-refractivity contribution in [3.8, 4) is 0 Å². The molecule has 1 aliphatic rings. The van der Waals surface area contributed by atoms with Gasteiger partial charge in [-0.15, -0.1) is 0 Å². The van der Waals surface area contributed by atoms with Crippen LogP contribution in [0.1, 0.15) is 24.8 Å². The van der Waals surface area contributed by atoms with Crippen molar-refractivity contribution in [2.45, 2.75) is 25.4 Å².